The van der Waals surface area contributed by atoms with Gasteiger partial charge < -0.3 is 9.64 Å². The zero-order chi connectivity index (χ0) is 20.2. The summed E-state index contributed by atoms with van der Waals surface area (Å²) in [5.41, 5.74) is 10.3. The van der Waals surface area contributed by atoms with E-state index in [1.807, 2.05) is 36.7 Å². The number of hydrazine groups is 1. The first-order chi connectivity index (χ1) is 14.2. The molecule has 1 amide bonds. The number of aromatic nitrogens is 1. The number of methoxy groups -OCH3 is 1. The maximum Gasteiger partial charge on any atom is 0.227 e. The minimum absolute atomic E-state index is 0.179. The molecule has 1 aromatic carbocycles. The van der Waals surface area contributed by atoms with Crippen molar-refractivity contribution in [2.24, 2.45) is 0 Å². The molecule has 0 saturated carbocycles. The van der Waals surface area contributed by atoms with Crippen LogP contribution in [-0.4, -0.2) is 48.1 Å². The number of ether oxygens (including phenoxy) is 1. The Morgan fingerprint density at radius 2 is 2.14 bits per heavy atom. The van der Waals surface area contributed by atoms with Crippen LogP contribution >= 0.6 is 0 Å². The molecule has 6 nitrogen and oxygen atoms in total. The van der Waals surface area contributed by atoms with Gasteiger partial charge in [0.05, 0.1) is 13.5 Å². The van der Waals surface area contributed by atoms with Crippen molar-refractivity contribution < 1.29 is 9.53 Å². The fourth-order valence-corrected chi connectivity index (χ4v) is 4.84. The lowest BCUT2D eigenvalue weighted by atomic mass is 9.83. The quantitative estimate of drug-likeness (QED) is 0.816. The number of carbonyl (C=O) groups is 1. The standard InChI is InChI=1S/C23H30N4O2/c1-16-14-24-11-10-18(16)19-15-25-26-23(19)20-8-5-6-12-27(20)22(28)13-17-7-3-4-9-21(17)29-2/h3-4,7,9-11,14,19-20,23,25-26H,5-6,8,12-13,15H2,1-2H3. The number of benzene rings is 1. The molecule has 2 aliphatic rings. The van der Waals surface area contributed by atoms with Gasteiger partial charge in [-0.1, -0.05) is 18.2 Å². The lowest BCUT2D eigenvalue weighted by molar-refractivity contribution is -0.135. The third-order valence-electron chi connectivity index (χ3n) is 6.31. The summed E-state index contributed by atoms with van der Waals surface area (Å²) in [7, 11) is 1.66. The topological polar surface area (TPSA) is 66.5 Å². The number of aryl methyl sites for hydroxylation is 1. The zero-order valence-corrected chi connectivity index (χ0v) is 17.2. The molecule has 2 saturated heterocycles. The van der Waals surface area contributed by atoms with Crippen LogP contribution in [0.4, 0.5) is 0 Å². The third kappa shape index (κ3) is 4.14. The highest BCUT2D eigenvalue weighted by molar-refractivity contribution is 5.80. The van der Waals surface area contributed by atoms with E-state index in [2.05, 4.69) is 33.7 Å². The van der Waals surface area contributed by atoms with Crippen molar-refractivity contribution in [2.45, 2.75) is 50.6 Å². The lowest BCUT2D eigenvalue weighted by Crippen LogP contribution is -2.55. The van der Waals surface area contributed by atoms with Crippen LogP contribution in [0, 0.1) is 6.92 Å². The number of rotatable bonds is 5. The molecule has 0 aliphatic carbocycles. The summed E-state index contributed by atoms with van der Waals surface area (Å²) in [6.07, 6.45) is 7.41. The van der Waals surface area contributed by atoms with Crippen LogP contribution < -0.4 is 15.6 Å². The Morgan fingerprint density at radius 1 is 1.28 bits per heavy atom. The van der Waals surface area contributed by atoms with E-state index in [0.29, 0.717) is 12.3 Å². The van der Waals surface area contributed by atoms with Gasteiger partial charge in [-0.2, -0.15) is 0 Å². The van der Waals surface area contributed by atoms with Crippen molar-refractivity contribution in [3.05, 3.63) is 59.4 Å². The van der Waals surface area contributed by atoms with Crippen LogP contribution in [-0.2, 0) is 11.2 Å². The van der Waals surface area contributed by atoms with Gasteiger partial charge in [-0.25, -0.2) is 0 Å². The predicted molar refractivity (Wildman–Crippen MR) is 113 cm³/mol. The first kappa shape index (κ1) is 19.9. The Bertz CT molecular complexity index is 856. The largest absolute Gasteiger partial charge is 0.496 e. The van der Waals surface area contributed by atoms with Crippen molar-refractivity contribution in [3.63, 3.8) is 0 Å². The number of nitrogens with one attached hydrogen (secondary N) is 2. The van der Waals surface area contributed by atoms with Crippen molar-refractivity contribution in [3.8, 4) is 5.75 Å². The van der Waals surface area contributed by atoms with Crippen LogP contribution in [0.3, 0.4) is 0 Å². The molecule has 3 heterocycles. The highest BCUT2D eigenvalue weighted by atomic mass is 16.5. The summed E-state index contributed by atoms with van der Waals surface area (Å²) in [6.45, 7) is 3.79. The third-order valence-corrected chi connectivity index (χ3v) is 6.31. The minimum atomic E-state index is 0.179. The van der Waals surface area contributed by atoms with Crippen LogP contribution in [0.2, 0.25) is 0 Å². The van der Waals surface area contributed by atoms with Gasteiger partial charge in [-0.05, 0) is 49.4 Å². The van der Waals surface area contributed by atoms with Gasteiger partial charge >= 0.3 is 0 Å². The second kappa shape index (κ2) is 8.93. The van der Waals surface area contributed by atoms with E-state index in [9.17, 15) is 4.79 Å². The Hall–Kier alpha value is -2.44. The zero-order valence-electron chi connectivity index (χ0n) is 17.2. The van der Waals surface area contributed by atoms with E-state index >= 15 is 0 Å². The molecule has 2 aromatic rings. The van der Waals surface area contributed by atoms with E-state index < -0.39 is 0 Å². The van der Waals surface area contributed by atoms with E-state index in [1.165, 1.54) is 11.1 Å². The number of hydrogen-bond donors (Lipinski definition) is 2. The molecule has 3 unspecified atom stereocenters. The number of carbonyl (C=O) groups excluding carboxylic acids is 1. The second-order valence-corrected chi connectivity index (χ2v) is 8.03. The Balaban J connectivity index is 1.55. The molecule has 3 atom stereocenters. The molecule has 2 aliphatic heterocycles. The molecule has 0 radical (unpaired) electrons. The average molecular weight is 395 g/mol. The number of hydrogen-bond acceptors (Lipinski definition) is 5. The first-order valence-electron chi connectivity index (χ1n) is 10.5. The summed E-state index contributed by atoms with van der Waals surface area (Å²) in [4.78, 5) is 19.7. The summed E-state index contributed by atoms with van der Waals surface area (Å²) >= 11 is 0. The Morgan fingerprint density at radius 3 is 2.97 bits per heavy atom. The number of para-hydroxylation sites is 1. The molecule has 4 rings (SSSR count). The predicted octanol–water partition coefficient (Wildman–Crippen LogP) is 2.58. The number of nitrogens with zero attached hydrogens (tertiary/aromatic N) is 2. The molecule has 0 bridgehead atoms. The smallest absolute Gasteiger partial charge is 0.227 e. The normalized spacial score (nSPS) is 24.5. The number of likely N-dealkylation sites (tertiary alicyclic amines) is 1. The van der Waals surface area contributed by atoms with Gasteiger partial charge in [-0.3, -0.25) is 20.6 Å². The fraction of sp³-hybridized carbons (Fsp3) is 0.478. The minimum Gasteiger partial charge on any atom is -0.496 e. The second-order valence-electron chi connectivity index (χ2n) is 8.03. The highest BCUT2D eigenvalue weighted by Crippen LogP contribution is 2.32. The molecule has 2 N–H and O–H groups in total. The number of amides is 1. The Kier molecular flexibility index (Phi) is 6.11. The SMILES string of the molecule is COc1ccccc1CC(=O)N1CCCCC1C1NNCC1c1ccncc1C. The molecular weight excluding hydrogens is 364 g/mol. The van der Waals surface area contributed by atoms with Gasteiger partial charge in [0.15, 0.2) is 0 Å². The van der Waals surface area contributed by atoms with Gasteiger partial charge in [-0.15, -0.1) is 0 Å². The first-order valence-corrected chi connectivity index (χ1v) is 10.5. The van der Waals surface area contributed by atoms with Crippen molar-refractivity contribution in [1.82, 2.24) is 20.7 Å². The molecular formula is C23H30N4O2. The summed E-state index contributed by atoms with van der Waals surface area (Å²) in [5, 5.41) is 0. The highest BCUT2D eigenvalue weighted by Gasteiger charge is 2.40. The van der Waals surface area contributed by atoms with Crippen LogP contribution in [0.5, 0.6) is 5.75 Å². The van der Waals surface area contributed by atoms with E-state index in [4.69, 9.17) is 4.74 Å². The van der Waals surface area contributed by atoms with Crippen molar-refractivity contribution >= 4 is 5.91 Å². The molecule has 2 fully saturated rings. The van der Waals surface area contributed by atoms with Crippen molar-refractivity contribution in [2.75, 3.05) is 20.2 Å². The number of piperidine rings is 1. The van der Waals surface area contributed by atoms with E-state index in [-0.39, 0.29) is 18.0 Å². The molecule has 29 heavy (non-hydrogen) atoms. The van der Waals surface area contributed by atoms with Gasteiger partial charge in [0.2, 0.25) is 5.91 Å². The van der Waals surface area contributed by atoms with Gasteiger partial charge in [0, 0.05) is 49.0 Å². The number of pyridine rings is 1. The monoisotopic (exact) mass is 394 g/mol. The summed E-state index contributed by atoms with van der Waals surface area (Å²) < 4.78 is 5.45. The maximum absolute atomic E-state index is 13.3. The van der Waals surface area contributed by atoms with E-state index in [1.54, 1.807) is 7.11 Å². The van der Waals surface area contributed by atoms with Crippen LogP contribution in [0.25, 0.3) is 0 Å². The van der Waals surface area contributed by atoms with Gasteiger partial charge in [0.25, 0.3) is 0 Å². The van der Waals surface area contributed by atoms with E-state index in [0.717, 1.165) is 43.7 Å². The average Bonchev–Trinajstić information content (AvgIpc) is 3.24. The fourth-order valence-electron chi connectivity index (χ4n) is 4.84. The Labute approximate surface area is 172 Å². The van der Waals surface area contributed by atoms with Gasteiger partial charge in [0.1, 0.15) is 5.75 Å². The van der Waals surface area contributed by atoms with Crippen LogP contribution in [0.1, 0.15) is 41.9 Å². The maximum atomic E-state index is 13.3. The van der Waals surface area contributed by atoms with Crippen molar-refractivity contribution in [1.29, 1.82) is 0 Å². The summed E-state index contributed by atoms with van der Waals surface area (Å²) in [5.74, 6) is 1.28. The lowest BCUT2D eigenvalue weighted by Gasteiger charge is -2.41. The molecule has 1 aromatic heterocycles. The molecule has 6 heteroatoms. The summed E-state index contributed by atoms with van der Waals surface area (Å²) in [6, 6.07) is 10.3. The molecule has 0 spiro atoms. The molecule has 154 valence electrons. The van der Waals surface area contributed by atoms with Crippen LogP contribution in [0.15, 0.2) is 42.7 Å².